The Hall–Kier alpha value is -3.88. The fourth-order valence-electron chi connectivity index (χ4n) is 4.09. The second kappa shape index (κ2) is 11.3. The number of amides is 2. The summed E-state index contributed by atoms with van der Waals surface area (Å²) in [4.78, 5) is 50.1. The highest BCUT2D eigenvalue weighted by Crippen LogP contribution is 2.44. The van der Waals surface area contributed by atoms with Crippen molar-refractivity contribution in [2.75, 3.05) is 26.3 Å². The number of rotatable bonds is 10. The number of carboxylic acids is 1. The van der Waals surface area contributed by atoms with E-state index in [1.807, 2.05) is 48.5 Å². The van der Waals surface area contributed by atoms with Gasteiger partial charge in [-0.3, -0.25) is 14.9 Å². The maximum atomic E-state index is 12.9. The lowest BCUT2D eigenvalue weighted by Crippen LogP contribution is -2.54. The molecule has 0 bridgehead atoms. The van der Waals surface area contributed by atoms with Crippen molar-refractivity contribution in [1.82, 2.24) is 10.2 Å². The molecule has 1 atom stereocenters. The van der Waals surface area contributed by atoms with Crippen LogP contribution >= 0.6 is 0 Å². The van der Waals surface area contributed by atoms with Gasteiger partial charge in [-0.15, -0.1) is 0 Å². The number of carboxylic acid groups (broad SMARTS) is 1. The van der Waals surface area contributed by atoms with E-state index in [-0.39, 0.29) is 25.7 Å². The van der Waals surface area contributed by atoms with Crippen molar-refractivity contribution in [3.05, 3.63) is 59.7 Å². The van der Waals surface area contributed by atoms with Gasteiger partial charge >= 0.3 is 18.0 Å². The van der Waals surface area contributed by atoms with Crippen LogP contribution in [0.25, 0.3) is 11.1 Å². The molecule has 2 aromatic carbocycles. The lowest BCUT2D eigenvalue weighted by atomic mass is 9.98. The third-order valence-corrected chi connectivity index (χ3v) is 5.51. The van der Waals surface area contributed by atoms with E-state index in [4.69, 9.17) is 14.6 Å². The first-order valence-corrected chi connectivity index (χ1v) is 11.2. The van der Waals surface area contributed by atoms with Crippen LogP contribution in [-0.2, 0) is 23.9 Å². The Morgan fingerprint density at radius 3 is 2.09 bits per heavy atom. The second-order valence-corrected chi connectivity index (χ2v) is 7.81. The molecule has 2 N–H and O–H groups in total. The van der Waals surface area contributed by atoms with Gasteiger partial charge in [-0.2, -0.15) is 0 Å². The minimum Gasteiger partial charge on any atom is -0.480 e. The molecule has 0 spiro atoms. The number of nitrogens with one attached hydrogen (secondary N) is 1. The van der Waals surface area contributed by atoms with Gasteiger partial charge < -0.3 is 19.5 Å². The van der Waals surface area contributed by atoms with Gasteiger partial charge in [0.2, 0.25) is 6.04 Å². The van der Waals surface area contributed by atoms with Crippen LogP contribution in [-0.4, -0.2) is 66.3 Å². The lowest BCUT2D eigenvalue weighted by Gasteiger charge is -2.25. The number of carbonyl (C=O) groups is 4. The average molecular weight is 469 g/mol. The lowest BCUT2D eigenvalue weighted by molar-refractivity contribution is -0.154. The molecule has 0 radical (unpaired) electrons. The number of hydrogen-bond donors (Lipinski definition) is 2. The van der Waals surface area contributed by atoms with Crippen LogP contribution < -0.4 is 5.32 Å². The summed E-state index contributed by atoms with van der Waals surface area (Å²) in [6.45, 7) is 2.82. The third-order valence-electron chi connectivity index (χ3n) is 5.51. The molecule has 180 valence electrons. The average Bonchev–Trinajstić information content (AvgIpc) is 3.14. The Morgan fingerprint density at radius 2 is 1.56 bits per heavy atom. The molecule has 0 fully saturated rings. The molecule has 1 unspecified atom stereocenters. The van der Waals surface area contributed by atoms with Gasteiger partial charge in [0.15, 0.2) is 0 Å². The van der Waals surface area contributed by atoms with Gasteiger partial charge in [0.05, 0.1) is 6.61 Å². The molecule has 0 saturated carbocycles. The van der Waals surface area contributed by atoms with Crippen molar-refractivity contribution < 1.29 is 33.8 Å². The minimum atomic E-state index is -1.71. The molecule has 0 saturated heterocycles. The number of nitrogens with zero attached hydrogens (tertiary/aromatic N) is 1. The molecule has 1 aliphatic carbocycles. The van der Waals surface area contributed by atoms with Crippen LogP contribution in [0.5, 0.6) is 0 Å². The first kappa shape index (κ1) is 24.8. The van der Waals surface area contributed by atoms with Crippen molar-refractivity contribution in [3.63, 3.8) is 0 Å². The van der Waals surface area contributed by atoms with E-state index in [0.29, 0.717) is 6.42 Å². The van der Waals surface area contributed by atoms with Gasteiger partial charge in [0.25, 0.3) is 5.91 Å². The third kappa shape index (κ3) is 5.54. The van der Waals surface area contributed by atoms with Gasteiger partial charge in [-0.1, -0.05) is 55.5 Å². The van der Waals surface area contributed by atoms with Gasteiger partial charge in [0.1, 0.15) is 13.2 Å². The Kier molecular flexibility index (Phi) is 8.24. The highest BCUT2D eigenvalue weighted by Gasteiger charge is 2.35. The molecule has 2 aromatic rings. The first-order chi connectivity index (χ1) is 16.4. The van der Waals surface area contributed by atoms with Crippen molar-refractivity contribution in [1.29, 1.82) is 0 Å². The summed E-state index contributed by atoms with van der Waals surface area (Å²) in [6, 6.07) is 14.0. The first-order valence-electron chi connectivity index (χ1n) is 11.2. The van der Waals surface area contributed by atoms with Crippen LogP contribution in [0.4, 0.5) is 4.79 Å². The summed E-state index contributed by atoms with van der Waals surface area (Å²) < 4.78 is 10.4. The summed E-state index contributed by atoms with van der Waals surface area (Å²) in [5.41, 5.74) is 4.17. The maximum Gasteiger partial charge on any atom is 0.408 e. The molecule has 2 amide bonds. The van der Waals surface area contributed by atoms with Crippen LogP contribution in [0.3, 0.4) is 0 Å². The summed E-state index contributed by atoms with van der Waals surface area (Å²) in [5.74, 6) is -3.27. The zero-order chi connectivity index (χ0) is 24.7. The van der Waals surface area contributed by atoms with E-state index in [0.717, 1.165) is 27.2 Å². The van der Waals surface area contributed by atoms with Crippen LogP contribution in [0.2, 0.25) is 0 Å². The highest BCUT2D eigenvalue weighted by atomic mass is 16.6. The van der Waals surface area contributed by atoms with E-state index < -0.39 is 36.5 Å². The number of benzene rings is 2. The smallest absolute Gasteiger partial charge is 0.408 e. The summed E-state index contributed by atoms with van der Waals surface area (Å²) in [7, 11) is 0. The second-order valence-electron chi connectivity index (χ2n) is 7.81. The van der Waals surface area contributed by atoms with Gasteiger partial charge in [-0.25, -0.2) is 9.59 Å². The maximum absolute atomic E-state index is 12.9. The highest BCUT2D eigenvalue weighted by molar-refractivity contribution is 6.04. The van der Waals surface area contributed by atoms with Crippen molar-refractivity contribution in [2.45, 2.75) is 32.2 Å². The number of carbonyl (C=O) groups excluding carboxylic acids is 3. The molecular weight excluding hydrogens is 440 g/mol. The quantitative estimate of drug-likeness (QED) is 0.406. The number of fused-ring (bicyclic) bond motifs is 3. The number of ether oxygens (including phenoxy) is 2. The monoisotopic (exact) mass is 468 g/mol. The summed E-state index contributed by atoms with van der Waals surface area (Å²) in [5, 5.41) is 11.4. The van der Waals surface area contributed by atoms with Crippen molar-refractivity contribution in [2.24, 2.45) is 0 Å². The van der Waals surface area contributed by atoms with Crippen molar-refractivity contribution >= 4 is 23.9 Å². The molecule has 0 aliphatic heterocycles. The Balaban J connectivity index is 1.73. The molecule has 0 aromatic heterocycles. The largest absolute Gasteiger partial charge is 0.480 e. The summed E-state index contributed by atoms with van der Waals surface area (Å²) in [6.07, 6.45) is -0.500. The van der Waals surface area contributed by atoms with Crippen LogP contribution in [0.1, 0.15) is 37.3 Å². The SMILES string of the molecule is CCCN(CC(=O)O)C(=O)C(NC(=O)OCC1c2ccccc2-c2ccccc21)C(=O)OCC. The molecule has 9 nitrogen and oxygen atoms in total. The molecule has 34 heavy (non-hydrogen) atoms. The summed E-state index contributed by atoms with van der Waals surface area (Å²) >= 11 is 0. The molecule has 9 heteroatoms. The number of esters is 1. The fraction of sp³-hybridized carbons (Fsp3) is 0.360. The van der Waals surface area contributed by atoms with Crippen LogP contribution in [0.15, 0.2) is 48.5 Å². The number of aliphatic carboxylic acids is 1. The molecule has 0 heterocycles. The van der Waals surface area contributed by atoms with E-state index in [9.17, 15) is 19.2 Å². The zero-order valence-corrected chi connectivity index (χ0v) is 19.2. The fourth-order valence-corrected chi connectivity index (χ4v) is 4.09. The Labute approximate surface area is 197 Å². The molecule has 1 aliphatic rings. The van der Waals surface area contributed by atoms with E-state index in [1.54, 1.807) is 13.8 Å². The van der Waals surface area contributed by atoms with Crippen molar-refractivity contribution in [3.8, 4) is 11.1 Å². The zero-order valence-electron chi connectivity index (χ0n) is 19.2. The number of hydrogen-bond acceptors (Lipinski definition) is 6. The van der Waals surface area contributed by atoms with Crippen LogP contribution in [0, 0.1) is 0 Å². The van der Waals surface area contributed by atoms with Gasteiger partial charge in [-0.05, 0) is 35.6 Å². The standard InChI is InChI=1S/C25H28N2O7/c1-3-13-27(14-21(28)29)23(30)22(24(31)33-4-2)26-25(32)34-15-20-18-11-7-5-9-16(18)17-10-6-8-12-19(17)20/h5-12,20,22H,3-4,13-15H2,1-2H3,(H,26,32)(H,28,29). The minimum absolute atomic E-state index is 0.00258. The van der Waals surface area contributed by atoms with E-state index in [2.05, 4.69) is 5.32 Å². The topological polar surface area (TPSA) is 122 Å². The number of alkyl carbamates (subject to hydrolysis) is 1. The molecule has 3 rings (SSSR count). The normalized spacial score (nSPS) is 12.8. The van der Waals surface area contributed by atoms with Gasteiger partial charge in [0, 0.05) is 12.5 Å². The molecular formula is C25H28N2O7. The van der Waals surface area contributed by atoms with E-state index >= 15 is 0 Å². The Bertz CT molecular complexity index is 1020. The predicted octanol–water partition coefficient (Wildman–Crippen LogP) is 2.78. The van der Waals surface area contributed by atoms with E-state index in [1.165, 1.54) is 0 Å². The predicted molar refractivity (Wildman–Crippen MR) is 123 cm³/mol. The Morgan fingerprint density at radius 1 is 0.971 bits per heavy atom.